The summed E-state index contributed by atoms with van der Waals surface area (Å²) in [7, 11) is 0. The summed E-state index contributed by atoms with van der Waals surface area (Å²) in [5.41, 5.74) is 9.01. The van der Waals surface area contributed by atoms with Crippen LogP contribution in [-0.4, -0.2) is 19.7 Å². The Labute approximate surface area is 179 Å². The molecule has 1 aliphatic heterocycles. The number of benzene rings is 2. The molecule has 0 amide bonds. The van der Waals surface area contributed by atoms with Crippen LogP contribution in [0.1, 0.15) is 30.7 Å². The third-order valence-corrected chi connectivity index (χ3v) is 5.44. The number of fused-ring (bicyclic) bond motifs is 2. The van der Waals surface area contributed by atoms with Crippen LogP contribution in [0.25, 0.3) is 33.7 Å². The second-order valence-corrected chi connectivity index (χ2v) is 7.35. The fourth-order valence-electron chi connectivity index (χ4n) is 3.80. The van der Waals surface area contributed by atoms with Gasteiger partial charge in [-0.1, -0.05) is 35.8 Å². The summed E-state index contributed by atoms with van der Waals surface area (Å²) in [5, 5.41) is 4.72. The summed E-state index contributed by atoms with van der Waals surface area (Å²) >= 11 is 0. The minimum absolute atomic E-state index is 0. The van der Waals surface area contributed by atoms with Crippen LogP contribution in [0.2, 0.25) is 0 Å². The molecule has 0 fully saturated rings. The molecule has 0 unspecified atom stereocenters. The molecule has 0 saturated carbocycles. The van der Waals surface area contributed by atoms with E-state index in [1.165, 1.54) is 0 Å². The Hall–Kier alpha value is -3.03. The number of halogens is 1. The predicted octanol–water partition coefficient (Wildman–Crippen LogP) is 3.72. The minimum atomic E-state index is 0. The molecule has 2 aromatic heterocycles. The van der Waals surface area contributed by atoms with Crippen molar-refractivity contribution in [3.63, 3.8) is 0 Å². The second kappa shape index (κ2) is 8.38. The van der Waals surface area contributed by atoms with E-state index in [0.717, 1.165) is 54.7 Å². The first-order chi connectivity index (χ1) is 14.2. The van der Waals surface area contributed by atoms with E-state index in [4.69, 9.17) is 15.2 Å². The predicted molar refractivity (Wildman–Crippen MR) is 117 cm³/mol. The van der Waals surface area contributed by atoms with Gasteiger partial charge in [0.15, 0.2) is 0 Å². The molecule has 154 valence electrons. The smallest absolute Gasteiger partial charge is 0.261 e. The first kappa shape index (κ1) is 20.3. The average Bonchev–Trinajstić information content (AvgIpc) is 3.13. The number of hydrogen-bond acceptors (Lipinski definition) is 6. The normalized spacial score (nSPS) is 13.5. The van der Waals surface area contributed by atoms with Crippen LogP contribution in [0, 0.1) is 0 Å². The molecule has 0 aliphatic carbocycles. The van der Waals surface area contributed by atoms with Crippen LogP contribution in [0.15, 0.2) is 51.8 Å². The summed E-state index contributed by atoms with van der Waals surface area (Å²) in [5.74, 6) is 1.78. The van der Waals surface area contributed by atoms with E-state index in [0.29, 0.717) is 29.2 Å². The number of aromatic nitrogens is 4. The molecule has 8 heteroatoms. The minimum Gasteiger partial charge on any atom is -0.334 e. The van der Waals surface area contributed by atoms with Crippen LogP contribution in [0.3, 0.4) is 0 Å². The standard InChI is InChI=1S/C22H21N5O2.ClH/c23-13-14-5-7-15(8-6-14)20-25-21(29-26-20)16-9-10-17-18(12-16)24-19-4-2-1-3-11-27(19)22(17)28;/h5-10,12H,1-4,11,13,23H2;1H. The van der Waals surface area contributed by atoms with Crippen LogP contribution < -0.4 is 11.3 Å². The Morgan fingerprint density at radius 3 is 2.60 bits per heavy atom. The van der Waals surface area contributed by atoms with Gasteiger partial charge < -0.3 is 10.3 Å². The number of hydrogen-bond donors (Lipinski definition) is 1. The largest absolute Gasteiger partial charge is 0.334 e. The molecular formula is C22H22ClN5O2. The van der Waals surface area contributed by atoms with Crippen molar-refractivity contribution >= 4 is 23.3 Å². The van der Waals surface area contributed by atoms with Gasteiger partial charge in [0.05, 0.1) is 10.9 Å². The third kappa shape index (κ3) is 3.62. The molecule has 0 atom stereocenters. The van der Waals surface area contributed by atoms with Gasteiger partial charge in [-0.15, -0.1) is 12.4 Å². The van der Waals surface area contributed by atoms with Gasteiger partial charge in [0.2, 0.25) is 5.82 Å². The summed E-state index contributed by atoms with van der Waals surface area (Å²) in [6.45, 7) is 1.24. The fourth-order valence-corrected chi connectivity index (χ4v) is 3.80. The highest BCUT2D eigenvalue weighted by Gasteiger charge is 2.16. The second-order valence-electron chi connectivity index (χ2n) is 7.35. The van der Waals surface area contributed by atoms with E-state index < -0.39 is 0 Å². The summed E-state index contributed by atoms with van der Waals surface area (Å²) in [6.07, 6.45) is 4.04. The zero-order chi connectivity index (χ0) is 19.8. The van der Waals surface area contributed by atoms with Crippen molar-refractivity contribution in [1.29, 1.82) is 0 Å². The number of rotatable bonds is 3. The van der Waals surface area contributed by atoms with Crippen molar-refractivity contribution in [2.45, 2.75) is 38.8 Å². The molecule has 4 aromatic rings. The molecule has 0 spiro atoms. The number of nitrogens with zero attached hydrogens (tertiary/aromatic N) is 4. The van der Waals surface area contributed by atoms with Gasteiger partial charge in [-0.25, -0.2) is 4.98 Å². The van der Waals surface area contributed by atoms with Gasteiger partial charge in [-0.2, -0.15) is 4.98 Å². The van der Waals surface area contributed by atoms with Gasteiger partial charge in [-0.3, -0.25) is 9.36 Å². The monoisotopic (exact) mass is 423 g/mol. The van der Waals surface area contributed by atoms with E-state index in [1.54, 1.807) is 6.07 Å². The molecule has 1 aliphatic rings. The maximum atomic E-state index is 12.9. The van der Waals surface area contributed by atoms with Crippen LogP contribution >= 0.6 is 12.4 Å². The molecular weight excluding hydrogens is 402 g/mol. The van der Waals surface area contributed by atoms with Crippen LogP contribution in [0.4, 0.5) is 0 Å². The van der Waals surface area contributed by atoms with Gasteiger partial charge in [0.1, 0.15) is 5.82 Å². The summed E-state index contributed by atoms with van der Waals surface area (Å²) in [6, 6.07) is 13.2. The number of nitrogens with two attached hydrogens (primary N) is 1. The lowest BCUT2D eigenvalue weighted by molar-refractivity contribution is 0.432. The molecule has 2 aromatic carbocycles. The molecule has 7 nitrogen and oxygen atoms in total. The zero-order valence-corrected chi connectivity index (χ0v) is 17.2. The topological polar surface area (TPSA) is 99.8 Å². The van der Waals surface area contributed by atoms with Gasteiger partial charge >= 0.3 is 0 Å². The Morgan fingerprint density at radius 1 is 1.00 bits per heavy atom. The Bertz CT molecular complexity index is 1250. The van der Waals surface area contributed by atoms with Crippen molar-refractivity contribution in [2.24, 2.45) is 5.73 Å². The Kier molecular flexibility index (Phi) is 5.65. The third-order valence-electron chi connectivity index (χ3n) is 5.44. The van der Waals surface area contributed by atoms with Crippen molar-refractivity contribution in [3.05, 3.63) is 64.2 Å². The summed E-state index contributed by atoms with van der Waals surface area (Å²) in [4.78, 5) is 22.2. The summed E-state index contributed by atoms with van der Waals surface area (Å²) < 4.78 is 7.30. The molecule has 30 heavy (non-hydrogen) atoms. The Morgan fingerprint density at radius 2 is 1.80 bits per heavy atom. The SMILES string of the molecule is Cl.NCc1ccc(-c2noc(-c3ccc4c(=O)n5c(nc4c3)CCCCC5)n2)cc1. The van der Waals surface area contributed by atoms with Gasteiger partial charge in [0.25, 0.3) is 11.4 Å². The lowest BCUT2D eigenvalue weighted by Crippen LogP contribution is -2.24. The fraction of sp³-hybridized carbons (Fsp3) is 0.273. The lowest BCUT2D eigenvalue weighted by atomic mass is 10.1. The number of aryl methyl sites for hydroxylation is 1. The van der Waals surface area contributed by atoms with Crippen molar-refractivity contribution in [3.8, 4) is 22.8 Å². The quantitative estimate of drug-likeness (QED) is 0.539. The maximum Gasteiger partial charge on any atom is 0.261 e. The highest BCUT2D eigenvalue weighted by molar-refractivity contribution is 5.85. The van der Waals surface area contributed by atoms with E-state index >= 15 is 0 Å². The van der Waals surface area contributed by atoms with Crippen molar-refractivity contribution in [1.82, 2.24) is 19.7 Å². The van der Waals surface area contributed by atoms with Crippen molar-refractivity contribution in [2.75, 3.05) is 0 Å². The van der Waals surface area contributed by atoms with Gasteiger partial charge in [-0.05, 0) is 36.6 Å². The molecule has 0 radical (unpaired) electrons. The highest BCUT2D eigenvalue weighted by atomic mass is 35.5. The zero-order valence-electron chi connectivity index (χ0n) is 16.4. The van der Waals surface area contributed by atoms with Crippen LogP contribution in [0.5, 0.6) is 0 Å². The van der Waals surface area contributed by atoms with E-state index in [1.807, 2.05) is 41.0 Å². The lowest BCUT2D eigenvalue weighted by Gasteiger charge is -2.10. The molecule has 5 rings (SSSR count). The first-order valence-electron chi connectivity index (χ1n) is 9.90. The van der Waals surface area contributed by atoms with E-state index in [9.17, 15) is 4.79 Å². The van der Waals surface area contributed by atoms with Crippen LogP contribution in [-0.2, 0) is 19.5 Å². The Balaban J connectivity index is 0.00000218. The maximum absolute atomic E-state index is 12.9. The molecule has 2 N–H and O–H groups in total. The van der Waals surface area contributed by atoms with Gasteiger partial charge in [0, 0.05) is 30.6 Å². The molecule has 3 heterocycles. The van der Waals surface area contributed by atoms with Crippen molar-refractivity contribution < 1.29 is 4.52 Å². The first-order valence-corrected chi connectivity index (χ1v) is 9.90. The van der Waals surface area contributed by atoms with E-state index in [-0.39, 0.29) is 18.0 Å². The average molecular weight is 424 g/mol. The van der Waals surface area contributed by atoms with E-state index in [2.05, 4.69) is 10.1 Å². The molecule has 0 bridgehead atoms. The molecule has 0 saturated heterocycles. The highest BCUT2D eigenvalue weighted by Crippen LogP contribution is 2.25.